The van der Waals surface area contributed by atoms with Gasteiger partial charge in [-0.15, -0.1) is 0 Å². The van der Waals surface area contributed by atoms with Crippen LogP contribution in [-0.4, -0.2) is 18.7 Å². The van der Waals surface area contributed by atoms with E-state index < -0.39 is 0 Å². The molecule has 0 aliphatic carbocycles. The van der Waals surface area contributed by atoms with E-state index in [0.29, 0.717) is 10.8 Å². The molecular formula is C18H19ClN2O2. The molecule has 23 heavy (non-hydrogen) atoms. The molecule has 0 unspecified atom stereocenters. The van der Waals surface area contributed by atoms with Crippen LogP contribution in [0.1, 0.15) is 22.3 Å². The van der Waals surface area contributed by atoms with E-state index in [0.717, 1.165) is 22.3 Å². The predicted octanol–water partition coefficient (Wildman–Crippen LogP) is 3.79. The van der Waals surface area contributed by atoms with Gasteiger partial charge in [-0.05, 0) is 49.6 Å². The van der Waals surface area contributed by atoms with E-state index in [1.165, 1.54) is 6.21 Å². The Morgan fingerprint density at radius 1 is 1.26 bits per heavy atom. The van der Waals surface area contributed by atoms with E-state index >= 15 is 0 Å². The monoisotopic (exact) mass is 330 g/mol. The molecule has 0 aromatic heterocycles. The molecule has 0 aliphatic rings. The smallest absolute Gasteiger partial charge is 0.277 e. The highest BCUT2D eigenvalue weighted by molar-refractivity contribution is 6.33. The number of hydrazone groups is 1. The maximum absolute atomic E-state index is 11.8. The van der Waals surface area contributed by atoms with Gasteiger partial charge in [0.05, 0.1) is 6.21 Å². The molecule has 5 heteroatoms. The fourth-order valence-electron chi connectivity index (χ4n) is 2.08. The van der Waals surface area contributed by atoms with Gasteiger partial charge in [0, 0.05) is 10.6 Å². The third-order valence-electron chi connectivity index (χ3n) is 3.42. The minimum Gasteiger partial charge on any atom is -0.483 e. The van der Waals surface area contributed by atoms with Gasteiger partial charge >= 0.3 is 0 Å². The van der Waals surface area contributed by atoms with E-state index in [1.807, 2.05) is 45.0 Å². The zero-order valence-electron chi connectivity index (χ0n) is 13.4. The van der Waals surface area contributed by atoms with Crippen molar-refractivity contribution in [2.75, 3.05) is 6.61 Å². The van der Waals surface area contributed by atoms with Crippen LogP contribution in [0.4, 0.5) is 0 Å². The van der Waals surface area contributed by atoms with Gasteiger partial charge in [-0.1, -0.05) is 35.9 Å². The number of amides is 1. The molecule has 0 fully saturated rings. The quantitative estimate of drug-likeness (QED) is 0.669. The molecule has 0 saturated carbocycles. The number of nitrogens with one attached hydrogen (secondary N) is 1. The highest BCUT2D eigenvalue weighted by atomic mass is 35.5. The SMILES string of the molecule is Cc1cc(C)c(C)c(OCC(=O)N/N=C/c2ccccc2Cl)c1. The summed E-state index contributed by atoms with van der Waals surface area (Å²) in [5.74, 6) is 0.389. The summed E-state index contributed by atoms with van der Waals surface area (Å²) in [6, 6.07) is 11.3. The Kier molecular flexibility index (Phi) is 5.77. The number of carbonyl (C=O) groups is 1. The molecule has 0 radical (unpaired) electrons. The van der Waals surface area contributed by atoms with Crippen LogP contribution in [0.3, 0.4) is 0 Å². The average Bonchev–Trinajstić information content (AvgIpc) is 2.51. The molecule has 0 saturated heterocycles. The lowest BCUT2D eigenvalue weighted by molar-refractivity contribution is -0.123. The van der Waals surface area contributed by atoms with E-state index in [9.17, 15) is 4.79 Å². The summed E-state index contributed by atoms with van der Waals surface area (Å²) in [4.78, 5) is 11.8. The van der Waals surface area contributed by atoms with E-state index in [1.54, 1.807) is 6.07 Å². The first kappa shape index (κ1) is 17.0. The first-order valence-electron chi connectivity index (χ1n) is 7.24. The van der Waals surface area contributed by atoms with Gasteiger partial charge in [0.1, 0.15) is 5.75 Å². The minimum atomic E-state index is -0.327. The van der Waals surface area contributed by atoms with E-state index in [-0.39, 0.29) is 12.5 Å². The van der Waals surface area contributed by atoms with Gasteiger partial charge in [0.2, 0.25) is 0 Å². The molecule has 0 heterocycles. The normalized spacial score (nSPS) is 10.8. The lowest BCUT2D eigenvalue weighted by atomic mass is 10.1. The molecule has 4 nitrogen and oxygen atoms in total. The van der Waals surface area contributed by atoms with Crippen molar-refractivity contribution >= 4 is 23.7 Å². The maximum Gasteiger partial charge on any atom is 0.277 e. The fourth-order valence-corrected chi connectivity index (χ4v) is 2.26. The molecule has 0 bridgehead atoms. The molecule has 2 rings (SSSR count). The van der Waals surface area contributed by atoms with Crippen LogP contribution < -0.4 is 10.2 Å². The Balaban J connectivity index is 1.90. The lowest BCUT2D eigenvalue weighted by Crippen LogP contribution is -2.24. The molecule has 0 atom stereocenters. The lowest BCUT2D eigenvalue weighted by Gasteiger charge is -2.11. The first-order chi connectivity index (χ1) is 11.0. The molecule has 120 valence electrons. The summed E-state index contributed by atoms with van der Waals surface area (Å²) in [6.07, 6.45) is 1.50. The molecule has 2 aromatic carbocycles. The number of benzene rings is 2. The van der Waals surface area contributed by atoms with Crippen molar-refractivity contribution in [2.24, 2.45) is 5.10 Å². The van der Waals surface area contributed by atoms with E-state index in [2.05, 4.69) is 16.6 Å². The topological polar surface area (TPSA) is 50.7 Å². The number of hydrogen-bond acceptors (Lipinski definition) is 3. The Bertz CT molecular complexity index is 742. The van der Waals surface area contributed by atoms with Crippen LogP contribution >= 0.6 is 11.6 Å². The molecule has 2 aromatic rings. The summed E-state index contributed by atoms with van der Waals surface area (Å²) in [5.41, 5.74) is 6.43. The summed E-state index contributed by atoms with van der Waals surface area (Å²) in [5, 5.41) is 4.46. The van der Waals surface area contributed by atoms with Crippen LogP contribution in [0.5, 0.6) is 5.75 Å². The van der Waals surface area contributed by atoms with Crippen molar-refractivity contribution in [3.05, 3.63) is 63.7 Å². The number of nitrogens with zero attached hydrogens (tertiary/aromatic N) is 1. The van der Waals surface area contributed by atoms with Crippen molar-refractivity contribution in [3.8, 4) is 5.75 Å². The second kappa shape index (κ2) is 7.79. The van der Waals surface area contributed by atoms with Gasteiger partial charge in [0.25, 0.3) is 5.91 Å². The molecule has 1 amide bonds. The van der Waals surface area contributed by atoms with Crippen molar-refractivity contribution in [2.45, 2.75) is 20.8 Å². The van der Waals surface area contributed by atoms with Crippen LogP contribution in [0.25, 0.3) is 0 Å². The van der Waals surface area contributed by atoms with Gasteiger partial charge in [-0.25, -0.2) is 5.43 Å². The van der Waals surface area contributed by atoms with Crippen molar-refractivity contribution in [1.29, 1.82) is 0 Å². The third-order valence-corrected chi connectivity index (χ3v) is 3.77. The Morgan fingerprint density at radius 3 is 2.74 bits per heavy atom. The molecule has 0 aliphatic heterocycles. The number of carbonyl (C=O) groups excluding carboxylic acids is 1. The number of aryl methyl sites for hydroxylation is 2. The molecule has 0 spiro atoms. The van der Waals surface area contributed by atoms with Crippen molar-refractivity contribution in [3.63, 3.8) is 0 Å². The Labute approximate surface area is 141 Å². The maximum atomic E-state index is 11.8. The zero-order chi connectivity index (χ0) is 16.8. The van der Waals surface area contributed by atoms with Crippen LogP contribution in [0.15, 0.2) is 41.5 Å². The second-order valence-corrected chi connectivity index (χ2v) is 5.72. The zero-order valence-corrected chi connectivity index (χ0v) is 14.1. The average molecular weight is 331 g/mol. The first-order valence-corrected chi connectivity index (χ1v) is 7.62. The largest absolute Gasteiger partial charge is 0.483 e. The second-order valence-electron chi connectivity index (χ2n) is 5.31. The third kappa shape index (κ3) is 4.83. The van der Waals surface area contributed by atoms with Crippen LogP contribution in [-0.2, 0) is 4.79 Å². The van der Waals surface area contributed by atoms with Crippen molar-refractivity contribution < 1.29 is 9.53 Å². The Morgan fingerprint density at radius 2 is 2.00 bits per heavy atom. The van der Waals surface area contributed by atoms with Gasteiger partial charge in [-0.3, -0.25) is 4.79 Å². The summed E-state index contributed by atoms with van der Waals surface area (Å²) >= 11 is 6.00. The number of hydrogen-bond donors (Lipinski definition) is 1. The minimum absolute atomic E-state index is 0.0937. The predicted molar refractivity (Wildman–Crippen MR) is 93.3 cm³/mol. The molecule has 1 N–H and O–H groups in total. The standard InChI is InChI=1S/C18H19ClN2O2/c1-12-8-13(2)14(3)17(9-12)23-11-18(22)21-20-10-15-6-4-5-7-16(15)19/h4-10H,11H2,1-3H3,(H,21,22)/b20-10+. The van der Waals surface area contributed by atoms with Gasteiger partial charge < -0.3 is 4.74 Å². The fraction of sp³-hybridized carbons (Fsp3) is 0.222. The number of ether oxygens (including phenoxy) is 1. The van der Waals surface area contributed by atoms with Gasteiger partial charge in [0.15, 0.2) is 6.61 Å². The highest BCUT2D eigenvalue weighted by Gasteiger charge is 2.07. The summed E-state index contributed by atoms with van der Waals surface area (Å²) in [6.45, 7) is 5.89. The van der Waals surface area contributed by atoms with Gasteiger partial charge in [-0.2, -0.15) is 5.10 Å². The highest BCUT2D eigenvalue weighted by Crippen LogP contribution is 2.23. The summed E-state index contributed by atoms with van der Waals surface area (Å²) < 4.78 is 5.57. The van der Waals surface area contributed by atoms with Crippen LogP contribution in [0, 0.1) is 20.8 Å². The number of rotatable bonds is 5. The number of halogens is 1. The Hall–Kier alpha value is -2.33. The molecular weight excluding hydrogens is 312 g/mol. The summed E-state index contributed by atoms with van der Waals surface area (Å²) in [7, 11) is 0. The van der Waals surface area contributed by atoms with Crippen LogP contribution in [0.2, 0.25) is 5.02 Å². The van der Waals surface area contributed by atoms with E-state index in [4.69, 9.17) is 16.3 Å². The van der Waals surface area contributed by atoms with Crippen molar-refractivity contribution in [1.82, 2.24) is 5.43 Å².